The summed E-state index contributed by atoms with van der Waals surface area (Å²) >= 11 is 0. The lowest BCUT2D eigenvalue weighted by Crippen LogP contribution is -2.09. The Balaban J connectivity index is 1.47. The third kappa shape index (κ3) is 3.63. The lowest BCUT2D eigenvalue weighted by atomic mass is 10.0. The van der Waals surface area contributed by atoms with Gasteiger partial charge in [0.1, 0.15) is 12.2 Å². The molecular weight excluding hydrogens is 316 g/mol. The molecule has 2 aliphatic carbocycles. The molecule has 0 amide bonds. The molecule has 0 N–H and O–H groups in total. The van der Waals surface area contributed by atoms with E-state index in [0.717, 1.165) is 36.6 Å². The van der Waals surface area contributed by atoms with Gasteiger partial charge in [-0.1, -0.05) is 25.7 Å². The molecule has 0 unspecified atom stereocenters. The maximum absolute atomic E-state index is 12.1. The zero-order chi connectivity index (χ0) is 17.2. The summed E-state index contributed by atoms with van der Waals surface area (Å²) in [4.78, 5) is 23.9. The van der Waals surface area contributed by atoms with E-state index in [9.17, 15) is 9.59 Å². The largest absolute Gasteiger partial charge is 0.461 e. The fourth-order valence-electron chi connectivity index (χ4n) is 4.27. The Labute approximate surface area is 147 Å². The van der Waals surface area contributed by atoms with E-state index in [0.29, 0.717) is 17.9 Å². The summed E-state index contributed by atoms with van der Waals surface area (Å²) in [6, 6.07) is 5.53. The van der Waals surface area contributed by atoms with Crippen molar-refractivity contribution in [3.8, 4) is 0 Å². The molecule has 2 aliphatic rings. The first-order chi connectivity index (χ1) is 12.2. The molecule has 4 rings (SSSR count). The fourth-order valence-corrected chi connectivity index (χ4v) is 4.27. The molecule has 0 bridgehead atoms. The minimum absolute atomic E-state index is 0.143. The molecule has 0 aliphatic heterocycles. The Hall–Kier alpha value is -2.10. The molecule has 25 heavy (non-hydrogen) atoms. The molecule has 4 heteroatoms. The van der Waals surface area contributed by atoms with Crippen LogP contribution in [0.3, 0.4) is 0 Å². The highest BCUT2D eigenvalue weighted by Crippen LogP contribution is 2.30. The smallest absolute Gasteiger partial charge is 0.336 e. The molecule has 1 saturated carbocycles. The predicted molar refractivity (Wildman–Crippen MR) is 95.5 cm³/mol. The highest BCUT2D eigenvalue weighted by molar-refractivity contribution is 5.82. The zero-order valence-corrected chi connectivity index (χ0v) is 14.5. The maximum atomic E-state index is 12.1. The van der Waals surface area contributed by atoms with E-state index in [4.69, 9.17) is 9.15 Å². The van der Waals surface area contributed by atoms with Crippen molar-refractivity contribution in [1.82, 2.24) is 0 Å². The highest BCUT2D eigenvalue weighted by atomic mass is 16.5. The van der Waals surface area contributed by atoms with Gasteiger partial charge in [0, 0.05) is 23.4 Å². The second kappa shape index (κ2) is 7.03. The summed E-state index contributed by atoms with van der Waals surface area (Å²) in [5.74, 6) is 0.509. The number of carbonyl (C=O) groups is 1. The van der Waals surface area contributed by atoms with Gasteiger partial charge in [-0.3, -0.25) is 4.79 Å². The van der Waals surface area contributed by atoms with E-state index >= 15 is 0 Å². The van der Waals surface area contributed by atoms with E-state index < -0.39 is 0 Å². The number of rotatable bonds is 5. The normalized spacial score (nSPS) is 17.1. The first-order valence-corrected chi connectivity index (χ1v) is 9.43. The van der Waals surface area contributed by atoms with Crippen LogP contribution in [0.15, 0.2) is 27.4 Å². The van der Waals surface area contributed by atoms with Crippen LogP contribution in [-0.2, 0) is 29.0 Å². The molecule has 132 valence electrons. The van der Waals surface area contributed by atoms with Crippen molar-refractivity contribution in [2.24, 2.45) is 5.92 Å². The van der Waals surface area contributed by atoms with E-state index in [-0.39, 0.29) is 18.2 Å². The van der Waals surface area contributed by atoms with Crippen LogP contribution in [-0.4, -0.2) is 5.97 Å². The third-order valence-corrected chi connectivity index (χ3v) is 5.66. The van der Waals surface area contributed by atoms with Crippen LogP contribution in [0.25, 0.3) is 11.0 Å². The lowest BCUT2D eigenvalue weighted by molar-refractivity contribution is -0.145. The van der Waals surface area contributed by atoms with Gasteiger partial charge in [0.2, 0.25) is 0 Å². The van der Waals surface area contributed by atoms with Gasteiger partial charge in [0.05, 0.1) is 0 Å². The van der Waals surface area contributed by atoms with Crippen LogP contribution in [0.2, 0.25) is 0 Å². The molecule has 0 saturated heterocycles. The second-order valence-corrected chi connectivity index (χ2v) is 7.41. The first kappa shape index (κ1) is 16.4. The van der Waals surface area contributed by atoms with Crippen molar-refractivity contribution in [1.29, 1.82) is 0 Å². The van der Waals surface area contributed by atoms with Crippen molar-refractivity contribution in [3.63, 3.8) is 0 Å². The van der Waals surface area contributed by atoms with Gasteiger partial charge >= 0.3 is 11.6 Å². The first-order valence-electron chi connectivity index (χ1n) is 9.43. The van der Waals surface area contributed by atoms with E-state index in [2.05, 4.69) is 6.07 Å². The molecule has 1 aromatic carbocycles. The van der Waals surface area contributed by atoms with Crippen molar-refractivity contribution < 1.29 is 13.9 Å². The molecule has 1 heterocycles. The second-order valence-electron chi connectivity index (χ2n) is 7.41. The maximum Gasteiger partial charge on any atom is 0.336 e. The highest BCUT2D eigenvalue weighted by Gasteiger charge is 2.18. The quantitative estimate of drug-likeness (QED) is 0.602. The SMILES string of the molecule is O=C(CCC1CCCC1)OCc1cc(=O)oc2cc3c(cc12)CCC3. The number of benzene rings is 1. The van der Waals surface area contributed by atoms with Gasteiger partial charge in [-0.2, -0.15) is 0 Å². The number of hydrogen-bond donors (Lipinski definition) is 0. The average Bonchev–Trinajstić information content (AvgIpc) is 3.27. The minimum atomic E-state index is -0.387. The molecule has 4 nitrogen and oxygen atoms in total. The van der Waals surface area contributed by atoms with Gasteiger partial charge in [-0.25, -0.2) is 4.79 Å². The number of carbonyl (C=O) groups excluding carboxylic acids is 1. The van der Waals surface area contributed by atoms with E-state index in [1.165, 1.54) is 42.9 Å². The summed E-state index contributed by atoms with van der Waals surface area (Å²) in [5.41, 5.74) is 3.54. The Kier molecular flexibility index (Phi) is 4.60. The van der Waals surface area contributed by atoms with Gasteiger partial charge in [-0.15, -0.1) is 0 Å². The van der Waals surface area contributed by atoms with Crippen LogP contribution in [0, 0.1) is 5.92 Å². The van der Waals surface area contributed by atoms with Crippen molar-refractivity contribution in [2.75, 3.05) is 0 Å². The van der Waals surface area contributed by atoms with Gasteiger partial charge in [0.25, 0.3) is 0 Å². The molecule has 1 fully saturated rings. The third-order valence-electron chi connectivity index (χ3n) is 5.66. The standard InChI is InChI=1S/C21H24O4/c22-20(9-8-14-4-1-2-5-14)24-13-17-12-21(23)25-19-11-16-7-3-6-15(16)10-18(17)19/h10-12,14H,1-9,13H2. The summed E-state index contributed by atoms with van der Waals surface area (Å²) in [7, 11) is 0. The van der Waals surface area contributed by atoms with Crippen molar-refractivity contribution >= 4 is 16.9 Å². The molecule has 0 spiro atoms. The van der Waals surface area contributed by atoms with Gasteiger partial charge in [-0.05, 0) is 54.9 Å². The molecule has 0 radical (unpaired) electrons. The van der Waals surface area contributed by atoms with Crippen LogP contribution < -0.4 is 5.63 Å². The monoisotopic (exact) mass is 340 g/mol. The summed E-state index contributed by atoms with van der Waals surface area (Å²) in [6.45, 7) is 0.143. The number of esters is 1. The molecule has 1 aromatic heterocycles. The average molecular weight is 340 g/mol. The summed E-state index contributed by atoms with van der Waals surface area (Å²) in [5, 5.41) is 0.892. The van der Waals surface area contributed by atoms with Crippen LogP contribution in [0.1, 0.15) is 61.6 Å². The van der Waals surface area contributed by atoms with Crippen LogP contribution in [0.5, 0.6) is 0 Å². The summed E-state index contributed by atoms with van der Waals surface area (Å²) < 4.78 is 10.8. The summed E-state index contributed by atoms with van der Waals surface area (Å²) in [6.07, 6.45) is 9.68. The van der Waals surface area contributed by atoms with Crippen LogP contribution >= 0.6 is 0 Å². The topological polar surface area (TPSA) is 56.5 Å². The predicted octanol–water partition coefficient (Wildman–Crippen LogP) is 4.30. The van der Waals surface area contributed by atoms with Crippen LogP contribution in [0.4, 0.5) is 0 Å². The fraction of sp³-hybridized carbons (Fsp3) is 0.524. The zero-order valence-electron chi connectivity index (χ0n) is 14.5. The number of ether oxygens (including phenoxy) is 1. The van der Waals surface area contributed by atoms with Gasteiger partial charge < -0.3 is 9.15 Å². The molecule has 0 atom stereocenters. The van der Waals surface area contributed by atoms with Gasteiger partial charge in [0.15, 0.2) is 0 Å². The Morgan fingerprint density at radius 3 is 2.64 bits per heavy atom. The lowest BCUT2D eigenvalue weighted by Gasteiger charge is -2.10. The van der Waals surface area contributed by atoms with E-state index in [1.54, 1.807) is 0 Å². The minimum Gasteiger partial charge on any atom is -0.461 e. The van der Waals surface area contributed by atoms with Crippen molar-refractivity contribution in [3.05, 3.63) is 45.3 Å². The number of aryl methyl sites for hydroxylation is 2. The Morgan fingerprint density at radius 1 is 1.08 bits per heavy atom. The van der Waals surface area contributed by atoms with E-state index in [1.807, 2.05) is 6.07 Å². The molecule has 2 aromatic rings. The number of hydrogen-bond acceptors (Lipinski definition) is 4. The molecular formula is C21H24O4. The Bertz CT molecular complexity index is 843. The number of fused-ring (bicyclic) bond motifs is 2. The Morgan fingerprint density at radius 2 is 1.84 bits per heavy atom. The van der Waals surface area contributed by atoms with Crippen molar-refractivity contribution in [2.45, 2.75) is 64.4 Å².